The molecule has 0 aliphatic heterocycles. The van der Waals surface area contributed by atoms with E-state index in [1.807, 2.05) is 43.0 Å². The minimum Gasteiger partial charge on any atom is -0.355 e. The van der Waals surface area contributed by atoms with Crippen molar-refractivity contribution in [2.45, 2.75) is 30.7 Å². The van der Waals surface area contributed by atoms with Gasteiger partial charge >= 0.3 is 0 Å². The number of nitrogens with one attached hydrogen (secondary N) is 1. The molecule has 2 aromatic heterocycles. The summed E-state index contributed by atoms with van der Waals surface area (Å²) in [7, 11) is 1.92. The molecule has 0 spiro atoms. The largest absolute Gasteiger partial charge is 0.355 e. The molecular weight excluding hydrogens is 292 g/mol. The zero-order valence-electron chi connectivity index (χ0n) is 11.8. The quantitative estimate of drug-likeness (QED) is 0.833. The average molecular weight is 310 g/mol. The van der Waals surface area contributed by atoms with Crippen molar-refractivity contribution < 1.29 is 4.79 Å². The fourth-order valence-electron chi connectivity index (χ4n) is 1.64. The Morgan fingerprint density at radius 2 is 2.35 bits per heavy atom. The van der Waals surface area contributed by atoms with Crippen LogP contribution in [0.1, 0.15) is 20.3 Å². The van der Waals surface area contributed by atoms with Crippen LogP contribution < -0.4 is 5.32 Å². The molecular formula is C13H18N4OS2. The van der Waals surface area contributed by atoms with E-state index < -0.39 is 0 Å². The lowest BCUT2D eigenvalue weighted by molar-refractivity contribution is -0.120. The molecule has 2 rings (SSSR count). The second-order valence-electron chi connectivity index (χ2n) is 4.39. The number of aromatic nitrogens is 3. The third-order valence-corrected chi connectivity index (χ3v) is 4.78. The SMILES string of the molecule is CCCNC(=O)C(C)Sc1nnc(-c2cccs2)n1C. The summed E-state index contributed by atoms with van der Waals surface area (Å²) in [5, 5.41) is 13.9. The van der Waals surface area contributed by atoms with Gasteiger partial charge in [0.05, 0.1) is 10.1 Å². The lowest BCUT2D eigenvalue weighted by atomic mass is 10.4. The summed E-state index contributed by atoms with van der Waals surface area (Å²) in [6.45, 7) is 4.63. The molecule has 0 fully saturated rings. The first kappa shape index (κ1) is 15.1. The minimum absolute atomic E-state index is 0.0394. The van der Waals surface area contributed by atoms with E-state index in [1.165, 1.54) is 11.8 Å². The number of hydrogen-bond acceptors (Lipinski definition) is 5. The Balaban J connectivity index is 2.05. The van der Waals surface area contributed by atoms with E-state index in [4.69, 9.17) is 0 Å². The molecule has 1 atom stereocenters. The molecule has 2 heterocycles. The molecule has 0 saturated carbocycles. The highest BCUT2D eigenvalue weighted by molar-refractivity contribution is 8.00. The smallest absolute Gasteiger partial charge is 0.233 e. The van der Waals surface area contributed by atoms with Crippen LogP contribution in [0.15, 0.2) is 22.7 Å². The molecule has 7 heteroatoms. The maximum atomic E-state index is 11.9. The summed E-state index contributed by atoms with van der Waals surface area (Å²) >= 11 is 3.06. The summed E-state index contributed by atoms with van der Waals surface area (Å²) in [4.78, 5) is 12.9. The number of hydrogen-bond donors (Lipinski definition) is 1. The van der Waals surface area contributed by atoms with E-state index in [0.29, 0.717) is 6.54 Å². The van der Waals surface area contributed by atoms with Gasteiger partial charge in [0.25, 0.3) is 0 Å². The number of thioether (sulfide) groups is 1. The second kappa shape index (κ2) is 6.90. The van der Waals surface area contributed by atoms with Gasteiger partial charge in [-0.1, -0.05) is 24.8 Å². The first-order valence-corrected chi connectivity index (χ1v) is 8.27. The highest BCUT2D eigenvalue weighted by atomic mass is 32.2. The van der Waals surface area contributed by atoms with Crippen LogP contribution >= 0.6 is 23.1 Å². The monoisotopic (exact) mass is 310 g/mol. The van der Waals surface area contributed by atoms with Crippen molar-refractivity contribution in [1.82, 2.24) is 20.1 Å². The zero-order valence-corrected chi connectivity index (χ0v) is 13.4. The standard InChI is InChI=1S/C13H18N4OS2/c1-4-7-14-12(18)9(2)20-13-16-15-11(17(13)3)10-6-5-8-19-10/h5-6,8-9H,4,7H2,1-3H3,(H,14,18). The fourth-order valence-corrected chi connectivity index (χ4v) is 3.22. The van der Waals surface area contributed by atoms with Crippen molar-refractivity contribution in [3.8, 4) is 10.7 Å². The Kier molecular flexibility index (Phi) is 5.19. The molecule has 0 aromatic carbocycles. The summed E-state index contributed by atoms with van der Waals surface area (Å²) < 4.78 is 1.93. The van der Waals surface area contributed by atoms with Crippen LogP contribution in [0.4, 0.5) is 0 Å². The lowest BCUT2D eigenvalue weighted by Gasteiger charge is -2.10. The Labute approximate surface area is 126 Å². The van der Waals surface area contributed by atoms with Gasteiger partial charge in [-0.2, -0.15) is 0 Å². The molecule has 108 valence electrons. The Morgan fingerprint density at radius 3 is 3.00 bits per heavy atom. The van der Waals surface area contributed by atoms with Crippen LogP contribution in [0.2, 0.25) is 0 Å². The summed E-state index contributed by atoms with van der Waals surface area (Å²) in [6.07, 6.45) is 0.940. The molecule has 0 aliphatic rings. The minimum atomic E-state index is -0.180. The van der Waals surface area contributed by atoms with Gasteiger partial charge in [-0.05, 0) is 24.8 Å². The van der Waals surface area contributed by atoms with Gasteiger partial charge in [0.15, 0.2) is 11.0 Å². The summed E-state index contributed by atoms with van der Waals surface area (Å²) in [6, 6.07) is 4.00. The molecule has 0 bridgehead atoms. The molecule has 2 aromatic rings. The Morgan fingerprint density at radius 1 is 1.55 bits per heavy atom. The van der Waals surface area contributed by atoms with Gasteiger partial charge in [0.1, 0.15) is 0 Å². The first-order valence-electron chi connectivity index (χ1n) is 6.51. The highest BCUT2D eigenvalue weighted by Gasteiger charge is 2.19. The third-order valence-electron chi connectivity index (χ3n) is 2.78. The molecule has 0 saturated heterocycles. The summed E-state index contributed by atoms with van der Waals surface area (Å²) in [5.74, 6) is 0.876. The third kappa shape index (κ3) is 3.40. The average Bonchev–Trinajstić information content (AvgIpc) is 3.07. The van der Waals surface area contributed by atoms with Crippen molar-refractivity contribution in [1.29, 1.82) is 0 Å². The number of carbonyl (C=O) groups is 1. The molecule has 1 N–H and O–H groups in total. The van der Waals surface area contributed by atoms with Crippen LogP contribution in [-0.4, -0.2) is 32.5 Å². The molecule has 1 unspecified atom stereocenters. The van der Waals surface area contributed by atoms with Crippen molar-refractivity contribution >= 4 is 29.0 Å². The van der Waals surface area contributed by atoms with Gasteiger partial charge in [0, 0.05) is 13.6 Å². The Hall–Kier alpha value is -1.34. The van der Waals surface area contributed by atoms with E-state index >= 15 is 0 Å². The topological polar surface area (TPSA) is 59.8 Å². The maximum Gasteiger partial charge on any atom is 0.233 e. The number of rotatable bonds is 6. The maximum absolute atomic E-state index is 11.9. The van der Waals surface area contributed by atoms with E-state index in [2.05, 4.69) is 15.5 Å². The van der Waals surface area contributed by atoms with Gasteiger partial charge in [-0.3, -0.25) is 4.79 Å². The zero-order chi connectivity index (χ0) is 14.5. The lowest BCUT2D eigenvalue weighted by Crippen LogP contribution is -2.31. The van der Waals surface area contributed by atoms with E-state index in [9.17, 15) is 4.79 Å². The Bertz CT molecular complexity index is 565. The summed E-state index contributed by atoms with van der Waals surface area (Å²) in [5.41, 5.74) is 0. The van der Waals surface area contributed by atoms with E-state index in [0.717, 1.165) is 22.3 Å². The second-order valence-corrected chi connectivity index (χ2v) is 6.65. The van der Waals surface area contributed by atoms with Gasteiger partial charge in [-0.15, -0.1) is 21.5 Å². The predicted octanol–water partition coefficient (Wildman–Crippen LogP) is 2.55. The normalized spacial score (nSPS) is 12.3. The van der Waals surface area contributed by atoms with Crippen LogP contribution in [0, 0.1) is 0 Å². The first-order chi connectivity index (χ1) is 9.63. The van der Waals surface area contributed by atoms with Crippen LogP contribution in [0.3, 0.4) is 0 Å². The molecule has 1 amide bonds. The van der Waals surface area contributed by atoms with Crippen LogP contribution in [-0.2, 0) is 11.8 Å². The van der Waals surface area contributed by atoms with Crippen LogP contribution in [0.5, 0.6) is 0 Å². The van der Waals surface area contributed by atoms with E-state index in [1.54, 1.807) is 11.3 Å². The molecule has 0 radical (unpaired) electrons. The number of thiophene rings is 1. The number of amides is 1. The van der Waals surface area contributed by atoms with E-state index in [-0.39, 0.29) is 11.2 Å². The van der Waals surface area contributed by atoms with Crippen molar-refractivity contribution in [2.75, 3.05) is 6.54 Å². The van der Waals surface area contributed by atoms with Crippen molar-refractivity contribution in [3.63, 3.8) is 0 Å². The van der Waals surface area contributed by atoms with Crippen molar-refractivity contribution in [2.24, 2.45) is 7.05 Å². The highest BCUT2D eigenvalue weighted by Crippen LogP contribution is 2.27. The van der Waals surface area contributed by atoms with Crippen molar-refractivity contribution in [3.05, 3.63) is 17.5 Å². The molecule has 0 aliphatic carbocycles. The number of nitrogens with zero attached hydrogens (tertiary/aromatic N) is 3. The fraction of sp³-hybridized carbons (Fsp3) is 0.462. The predicted molar refractivity (Wildman–Crippen MR) is 82.9 cm³/mol. The van der Waals surface area contributed by atoms with Gasteiger partial charge in [0.2, 0.25) is 5.91 Å². The molecule has 5 nitrogen and oxygen atoms in total. The number of carbonyl (C=O) groups excluding carboxylic acids is 1. The van der Waals surface area contributed by atoms with Gasteiger partial charge in [-0.25, -0.2) is 0 Å². The van der Waals surface area contributed by atoms with Crippen LogP contribution in [0.25, 0.3) is 10.7 Å². The van der Waals surface area contributed by atoms with Gasteiger partial charge < -0.3 is 9.88 Å². The molecule has 20 heavy (non-hydrogen) atoms.